The van der Waals surface area contributed by atoms with Gasteiger partial charge in [0, 0.05) is 42.6 Å². The van der Waals surface area contributed by atoms with Gasteiger partial charge in [-0.15, -0.1) is 11.3 Å². The fraction of sp³-hybridized carbons (Fsp3) is 0.143. The molecule has 0 saturated carbocycles. The monoisotopic (exact) mass is 334 g/mol. The van der Waals surface area contributed by atoms with Crippen LogP contribution in [0.5, 0.6) is 0 Å². The predicted octanol–water partition coefficient (Wildman–Crippen LogP) is 2.02. The maximum atomic E-state index is 12.1. The third-order valence-corrected chi connectivity index (χ3v) is 5.23. The molecule has 8 heteroatoms. The second kappa shape index (κ2) is 5.99. The standard InChI is InChI=1S/C14H14N4O2S2/c1-18-9-14(16-10-18)22(19,20)17-7-11-5-12(8-15-6-11)13-3-2-4-21-13/h2-6,8-10,17H,7H2,1H3. The lowest BCUT2D eigenvalue weighted by atomic mass is 10.2. The van der Waals surface area contributed by atoms with Gasteiger partial charge in [-0.3, -0.25) is 4.98 Å². The van der Waals surface area contributed by atoms with E-state index >= 15 is 0 Å². The first-order valence-electron chi connectivity index (χ1n) is 6.50. The summed E-state index contributed by atoms with van der Waals surface area (Å²) in [4.78, 5) is 9.13. The quantitative estimate of drug-likeness (QED) is 0.774. The zero-order valence-electron chi connectivity index (χ0n) is 11.8. The van der Waals surface area contributed by atoms with Gasteiger partial charge in [0.25, 0.3) is 10.0 Å². The summed E-state index contributed by atoms with van der Waals surface area (Å²) >= 11 is 1.62. The van der Waals surface area contributed by atoms with Crippen molar-refractivity contribution in [2.24, 2.45) is 7.05 Å². The minimum Gasteiger partial charge on any atom is -0.339 e. The van der Waals surface area contributed by atoms with Crippen LogP contribution in [-0.4, -0.2) is 23.0 Å². The Balaban J connectivity index is 1.75. The maximum absolute atomic E-state index is 12.1. The summed E-state index contributed by atoms with van der Waals surface area (Å²) in [6, 6.07) is 5.90. The summed E-state index contributed by atoms with van der Waals surface area (Å²) in [5, 5.41) is 2.00. The predicted molar refractivity (Wildman–Crippen MR) is 84.8 cm³/mol. The van der Waals surface area contributed by atoms with Gasteiger partial charge >= 0.3 is 0 Å². The molecular weight excluding hydrogens is 320 g/mol. The molecule has 114 valence electrons. The molecule has 0 fully saturated rings. The smallest absolute Gasteiger partial charge is 0.259 e. The normalized spacial score (nSPS) is 11.7. The molecule has 0 spiro atoms. The fourth-order valence-electron chi connectivity index (χ4n) is 1.94. The van der Waals surface area contributed by atoms with E-state index < -0.39 is 10.0 Å². The summed E-state index contributed by atoms with van der Waals surface area (Å²) in [5.41, 5.74) is 1.77. The van der Waals surface area contributed by atoms with Crippen LogP contribution in [0.15, 0.2) is 53.5 Å². The second-order valence-electron chi connectivity index (χ2n) is 4.76. The van der Waals surface area contributed by atoms with Gasteiger partial charge in [0.1, 0.15) is 0 Å². The average molecular weight is 334 g/mol. The molecule has 0 aromatic carbocycles. The van der Waals surface area contributed by atoms with Crippen LogP contribution in [0.25, 0.3) is 10.4 Å². The van der Waals surface area contributed by atoms with E-state index in [0.717, 1.165) is 16.0 Å². The van der Waals surface area contributed by atoms with Gasteiger partial charge in [0.2, 0.25) is 0 Å². The van der Waals surface area contributed by atoms with E-state index in [0.29, 0.717) is 0 Å². The summed E-state index contributed by atoms with van der Waals surface area (Å²) in [6.07, 6.45) is 6.33. The Morgan fingerprint density at radius 3 is 2.91 bits per heavy atom. The van der Waals surface area contributed by atoms with Crippen LogP contribution >= 0.6 is 11.3 Å². The number of sulfonamides is 1. The number of nitrogens with zero attached hydrogens (tertiary/aromatic N) is 3. The highest BCUT2D eigenvalue weighted by molar-refractivity contribution is 7.89. The van der Waals surface area contributed by atoms with Crippen molar-refractivity contribution < 1.29 is 8.42 Å². The lowest BCUT2D eigenvalue weighted by molar-refractivity contribution is 0.578. The zero-order valence-corrected chi connectivity index (χ0v) is 13.4. The second-order valence-corrected chi connectivity index (χ2v) is 7.42. The number of aryl methyl sites for hydroxylation is 1. The summed E-state index contributed by atoms with van der Waals surface area (Å²) < 4.78 is 28.4. The fourth-order valence-corrected chi connectivity index (χ4v) is 3.65. The van der Waals surface area contributed by atoms with E-state index in [4.69, 9.17) is 0 Å². The molecule has 0 saturated heterocycles. The number of hydrogen-bond acceptors (Lipinski definition) is 5. The lowest BCUT2D eigenvalue weighted by Crippen LogP contribution is -2.23. The summed E-state index contributed by atoms with van der Waals surface area (Å²) in [6.45, 7) is 0.172. The number of imidazole rings is 1. The minimum atomic E-state index is -3.61. The molecule has 0 unspecified atom stereocenters. The topological polar surface area (TPSA) is 76.9 Å². The van der Waals surface area contributed by atoms with Gasteiger partial charge in [0.05, 0.1) is 6.33 Å². The average Bonchev–Trinajstić information content (AvgIpc) is 3.17. The van der Waals surface area contributed by atoms with Crippen molar-refractivity contribution in [3.05, 3.63) is 54.1 Å². The number of nitrogens with one attached hydrogen (secondary N) is 1. The number of thiophene rings is 1. The van der Waals surface area contributed by atoms with E-state index in [-0.39, 0.29) is 11.6 Å². The minimum absolute atomic E-state index is 0.0115. The van der Waals surface area contributed by atoms with Crippen molar-refractivity contribution in [2.75, 3.05) is 0 Å². The Kier molecular flexibility index (Phi) is 4.06. The van der Waals surface area contributed by atoms with Gasteiger partial charge in [-0.25, -0.2) is 18.1 Å². The molecular formula is C14H14N4O2S2. The van der Waals surface area contributed by atoms with E-state index in [1.165, 1.54) is 12.5 Å². The Morgan fingerprint density at radius 1 is 1.36 bits per heavy atom. The third-order valence-electron chi connectivity index (χ3n) is 3.02. The summed E-state index contributed by atoms with van der Waals surface area (Å²) in [5.74, 6) is 0. The number of rotatable bonds is 5. The number of hydrogen-bond donors (Lipinski definition) is 1. The molecule has 1 N–H and O–H groups in total. The Bertz CT molecular complexity index is 870. The molecule has 22 heavy (non-hydrogen) atoms. The van der Waals surface area contributed by atoms with Crippen molar-refractivity contribution in [3.63, 3.8) is 0 Å². The van der Waals surface area contributed by atoms with Crippen LogP contribution in [0, 0.1) is 0 Å². The molecule has 3 rings (SSSR count). The van der Waals surface area contributed by atoms with Crippen LogP contribution in [0.3, 0.4) is 0 Å². The van der Waals surface area contributed by atoms with Crippen molar-refractivity contribution in [1.29, 1.82) is 0 Å². The highest BCUT2D eigenvalue weighted by Crippen LogP contribution is 2.24. The highest BCUT2D eigenvalue weighted by atomic mass is 32.2. The SMILES string of the molecule is Cn1cnc(S(=O)(=O)NCc2cncc(-c3cccs3)c2)c1. The first-order valence-corrected chi connectivity index (χ1v) is 8.86. The molecule has 0 atom stereocenters. The lowest BCUT2D eigenvalue weighted by Gasteiger charge is -2.05. The molecule has 6 nitrogen and oxygen atoms in total. The van der Waals surface area contributed by atoms with Gasteiger partial charge in [-0.1, -0.05) is 6.07 Å². The molecule has 0 amide bonds. The molecule has 3 aromatic rings. The van der Waals surface area contributed by atoms with Crippen molar-refractivity contribution in [1.82, 2.24) is 19.3 Å². The van der Waals surface area contributed by atoms with E-state index in [9.17, 15) is 8.42 Å². The largest absolute Gasteiger partial charge is 0.339 e. The Labute approximate surface area is 132 Å². The van der Waals surface area contributed by atoms with E-state index in [2.05, 4.69) is 14.7 Å². The molecule has 3 heterocycles. The Morgan fingerprint density at radius 2 is 2.23 bits per heavy atom. The van der Waals surface area contributed by atoms with E-state index in [1.54, 1.807) is 35.3 Å². The van der Waals surface area contributed by atoms with Crippen LogP contribution in [0.1, 0.15) is 5.56 Å². The van der Waals surface area contributed by atoms with Crippen LogP contribution in [0.4, 0.5) is 0 Å². The Hall–Kier alpha value is -2.03. The number of pyridine rings is 1. The van der Waals surface area contributed by atoms with Crippen molar-refractivity contribution in [2.45, 2.75) is 11.6 Å². The van der Waals surface area contributed by atoms with Gasteiger partial charge in [-0.05, 0) is 23.1 Å². The highest BCUT2D eigenvalue weighted by Gasteiger charge is 2.16. The molecule has 0 aliphatic carbocycles. The van der Waals surface area contributed by atoms with E-state index in [1.807, 2.05) is 23.6 Å². The third kappa shape index (κ3) is 3.24. The van der Waals surface area contributed by atoms with Crippen molar-refractivity contribution in [3.8, 4) is 10.4 Å². The first kappa shape index (κ1) is 14.9. The molecule has 0 radical (unpaired) electrons. The zero-order chi connectivity index (χ0) is 15.6. The molecule has 0 bridgehead atoms. The summed E-state index contributed by atoms with van der Waals surface area (Å²) in [7, 11) is -1.89. The van der Waals surface area contributed by atoms with Crippen LogP contribution in [0.2, 0.25) is 0 Å². The molecule has 0 aliphatic rings. The molecule has 0 aliphatic heterocycles. The van der Waals surface area contributed by atoms with Gasteiger partial charge < -0.3 is 4.57 Å². The van der Waals surface area contributed by atoms with Gasteiger partial charge in [0.15, 0.2) is 5.03 Å². The first-order chi connectivity index (χ1) is 10.5. The number of aromatic nitrogens is 3. The van der Waals surface area contributed by atoms with Crippen LogP contribution < -0.4 is 4.72 Å². The van der Waals surface area contributed by atoms with Crippen LogP contribution in [-0.2, 0) is 23.6 Å². The van der Waals surface area contributed by atoms with Crippen molar-refractivity contribution >= 4 is 21.4 Å². The maximum Gasteiger partial charge on any atom is 0.259 e. The van der Waals surface area contributed by atoms with Gasteiger partial charge in [-0.2, -0.15) is 0 Å². The molecule has 3 aromatic heterocycles.